The zero-order valence-electron chi connectivity index (χ0n) is 16.1. The lowest BCUT2D eigenvalue weighted by Gasteiger charge is -2.12. The third kappa shape index (κ3) is 5.84. The molecule has 0 atom stereocenters. The van der Waals surface area contributed by atoms with Crippen LogP contribution in [0.3, 0.4) is 0 Å². The molecule has 0 spiro atoms. The van der Waals surface area contributed by atoms with Crippen LogP contribution in [-0.2, 0) is 6.54 Å². The number of para-hydroxylation sites is 2. The van der Waals surface area contributed by atoms with Crippen molar-refractivity contribution >= 4 is 5.96 Å². The van der Waals surface area contributed by atoms with Crippen molar-refractivity contribution < 1.29 is 4.74 Å². The van der Waals surface area contributed by atoms with Crippen molar-refractivity contribution in [3.8, 4) is 11.4 Å². The molecule has 2 N–H and O–H groups in total. The summed E-state index contributed by atoms with van der Waals surface area (Å²) in [4.78, 5) is 4.63. The second-order valence-electron chi connectivity index (χ2n) is 6.09. The first-order chi connectivity index (χ1) is 13.9. The lowest BCUT2D eigenvalue weighted by molar-refractivity contribution is 0.311. The highest BCUT2D eigenvalue weighted by molar-refractivity contribution is 5.79. The van der Waals surface area contributed by atoms with Gasteiger partial charge in [0, 0.05) is 18.8 Å². The SMILES string of the molecule is CCNC(=NCc1nncn1-c1ccccc1)NCCCOc1ccccc1. The Bertz CT molecular complexity index is 848. The summed E-state index contributed by atoms with van der Waals surface area (Å²) in [7, 11) is 0. The van der Waals surface area contributed by atoms with E-state index in [1.165, 1.54) is 0 Å². The monoisotopic (exact) mass is 378 g/mol. The van der Waals surface area contributed by atoms with Gasteiger partial charge in [0.25, 0.3) is 0 Å². The molecule has 0 radical (unpaired) electrons. The van der Waals surface area contributed by atoms with E-state index in [0.717, 1.165) is 42.7 Å². The van der Waals surface area contributed by atoms with Crippen LogP contribution in [0.4, 0.5) is 0 Å². The number of aromatic nitrogens is 3. The Balaban J connectivity index is 1.50. The minimum absolute atomic E-state index is 0.435. The third-order valence-electron chi connectivity index (χ3n) is 4.00. The van der Waals surface area contributed by atoms with Crippen molar-refractivity contribution in [3.05, 3.63) is 72.8 Å². The third-order valence-corrected chi connectivity index (χ3v) is 4.00. The van der Waals surface area contributed by atoms with Crippen LogP contribution in [0.15, 0.2) is 72.0 Å². The molecule has 0 bridgehead atoms. The number of nitrogens with one attached hydrogen (secondary N) is 2. The van der Waals surface area contributed by atoms with E-state index in [4.69, 9.17) is 4.74 Å². The van der Waals surface area contributed by atoms with E-state index in [9.17, 15) is 0 Å². The van der Waals surface area contributed by atoms with Crippen LogP contribution in [0, 0.1) is 0 Å². The molecule has 0 saturated heterocycles. The molecule has 0 aliphatic carbocycles. The maximum Gasteiger partial charge on any atom is 0.191 e. The van der Waals surface area contributed by atoms with E-state index >= 15 is 0 Å². The van der Waals surface area contributed by atoms with Crippen LogP contribution in [0.5, 0.6) is 5.75 Å². The average Bonchev–Trinajstić information content (AvgIpc) is 3.22. The maximum absolute atomic E-state index is 5.71. The number of nitrogens with zero attached hydrogens (tertiary/aromatic N) is 4. The number of hydrogen-bond acceptors (Lipinski definition) is 4. The van der Waals surface area contributed by atoms with Crippen molar-refractivity contribution in [2.75, 3.05) is 19.7 Å². The summed E-state index contributed by atoms with van der Waals surface area (Å²) in [6.07, 6.45) is 2.58. The zero-order valence-corrected chi connectivity index (χ0v) is 16.1. The fraction of sp³-hybridized carbons (Fsp3) is 0.286. The van der Waals surface area contributed by atoms with E-state index < -0.39 is 0 Å². The number of hydrogen-bond donors (Lipinski definition) is 2. The summed E-state index contributed by atoms with van der Waals surface area (Å²) in [6.45, 7) is 4.69. The Morgan fingerprint density at radius 1 is 1.04 bits per heavy atom. The highest BCUT2D eigenvalue weighted by atomic mass is 16.5. The zero-order chi connectivity index (χ0) is 19.4. The summed E-state index contributed by atoms with van der Waals surface area (Å²) in [5, 5.41) is 14.8. The van der Waals surface area contributed by atoms with Gasteiger partial charge in [0.05, 0.1) is 6.61 Å². The second kappa shape index (κ2) is 10.7. The topological polar surface area (TPSA) is 76.4 Å². The standard InChI is InChI=1S/C21H26N6O/c1-2-22-21(23-14-9-15-28-19-12-7-4-8-13-19)24-16-20-26-25-17-27(20)18-10-5-3-6-11-18/h3-8,10-13,17H,2,9,14-16H2,1H3,(H2,22,23,24). The van der Waals surface area contributed by atoms with Gasteiger partial charge in [0.1, 0.15) is 18.6 Å². The molecule has 3 aromatic rings. The van der Waals surface area contributed by atoms with Crippen molar-refractivity contribution in [3.63, 3.8) is 0 Å². The van der Waals surface area contributed by atoms with Gasteiger partial charge in [0.2, 0.25) is 0 Å². The van der Waals surface area contributed by atoms with Crippen LogP contribution in [0.2, 0.25) is 0 Å². The summed E-state index contributed by atoms with van der Waals surface area (Å²) >= 11 is 0. The molecule has 3 rings (SSSR count). The van der Waals surface area contributed by atoms with Crippen LogP contribution in [-0.4, -0.2) is 40.4 Å². The molecule has 28 heavy (non-hydrogen) atoms. The number of ether oxygens (including phenoxy) is 1. The maximum atomic E-state index is 5.71. The molecule has 0 amide bonds. The van der Waals surface area contributed by atoms with Crippen LogP contribution >= 0.6 is 0 Å². The van der Waals surface area contributed by atoms with Crippen molar-refractivity contribution in [1.82, 2.24) is 25.4 Å². The van der Waals surface area contributed by atoms with Gasteiger partial charge in [-0.1, -0.05) is 36.4 Å². The molecule has 0 aliphatic rings. The summed E-state index contributed by atoms with van der Waals surface area (Å²) in [5.74, 6) is 2.43. The first-order valence-corrected chi connectivity index (χ1v) is 9.51. The molecule has 1 aromatic heterocycles. The van der Waals surface area contributed by atoms with Crippen LogP contribution < -0.4 is 15.4 Å². The molecule has 146 valence electrons. The summed E-state index contributed by atoms with van der Waals surface area (Å²) < 4.78 is 7.65. The highest BCUT2D eigenvalue weighted by Crippen LogP contribution is 2.10. The second-order valence-corrected chi connectivity index (χ2v) is 6.09. The van der Waals surface area contributed by atoms with Gasteiger partial charge in [-0.25, -0.2) is 4.99 Å². The quantitative estimate of drug-likeness (QED) is 0.340. The molecule has 0 unspecified atom stereocenters. The molecule has 7 nitrogen and oxygen atoms in total. The smallest absolute Gasteiger partial charge is 0.191 e. The number of aliphatic imine (C=N–C) groups is 1. The summed E-state index contributed by atoms with van der Waals surface area (Å²) in [5.41, 5.74) is 1.02. The fourth-order valence-electron chi connectivity index (χ4n) is 2.65. The van der Waals surface area contributed by atoms with Crippen LogP contribution in [0.25, 0.3) is 5.69 Å². The largest absolute Gasteiger partial charge is 0.494 e. The van der Waals surface area contributed by atoms with Crippen LogP contribution in [0.1, 0.15) is 19.2 Å². The van der Waals surface area contributed by atoms with Gasteiger partial charge in [0.15, 0.2) is 11.8 Å². The Morgan fingerprint density at radius 3 is 2.54 bits per heavy atom. The Hall–Kier alpha value is -3.35. The highest BCUT2D eigenvalue weighted by Gasteiger charge is 2.06. The molecule has 7 heteroatoms. The van der Waals surface area contributed by atoms with Crippen molar-refractivity contribution in [1.29, 1.82) is 0 Å². The molecular formula is C21H26N6O. The van der Waals surface area contributed by atoms with Gasteiger partial charge in [-0.3, -0.25) is 4.57 Å². The van der Waals surface area contributed by atoms with Gasteiger partial charge in [-0.05, 0) is 37.6 Å². The molecule has 0 aliphatic heterocycles. The predicted molar refractivity (Wildman–Crippen MR) is 111 cm³/mol. The fourth-order valence-corrected chi connectivity index (χ4v) is 2.65. The first kappa shape index (κ1) is 19.4. The number of rotatable bonds is 9. The Morgan fingerprint density at radius 2 is 1.79 bits per heavy atom. The van der Waals surface area contributed by atoms with E-state index in [2.05, 4.69) is 25.8 Å². The lowest BCUT2D eigenvalue weighted by Crippen LogP contribution is -2.38. The van der Waals surface area contributed by atoms with Crippen molar-refractivity contribution in [2.24, 2.45) is 4.99 Å². The van der Waals surface area contributed by atoms with E-state index in [0.29, 0.717) is 13.2 Å². The van der Waals surface area contributed by atoms with E-state index in [1.807, 2.05) is 72.2 Å². The number of benzene rings is 2. The molecule has 0 fully saturated rings. The van der Waals surface area contributed by atoms with E-state index in [-0.39, 0.29) is 0 Å². The summed E-state index contributed by atoms with van der Waals surface area (Å²) in [6, 6.07) is 19.8. The van der Waals surface area contributed by atoms with Gasteiger partial charge < -0.3 is 15.4 Å². The molecule has 1 heterocycles. The first-order valence-electron chi connectivity index (χ1n) is 9.51. The lowest BCUT2D eigenvalue weighted by atomic mass is 10.3. The van der Waals surface area contributed by atoms with Gasteiger partial charge in [-0.2, -0.15) is 0 Å². The van der Waals surface area contributed by atoms with Crippen molar-refractivity contribution in [2.45, 2.75) is 19.9 Å². The molecule has 0 saturated carbocycles. The normalized spacial score (nSPS) is 11.2. The minimum Gasteiger partial charge on any atom is -0.494 e. The molecule has 2 aromatic carbocycles. The van der Waals surface area contributed by atoms with E-state index in [1.54, 1.807) is 6.33 Å². The van der Waals surface area contributed by atoms with Gasteiger partial charge in [-0.15, -0.1) is 10.2 Å². The number of guanidine groups is 1. The predicted octanol–water partition coefficient (Wildman–Crippen LogP) is 2.79. The van der Waals surface area contributed by atoms with Gasteiger partial charge >= 0.3 is 0 Å². The average molecular weight is 378 g/mol. The Kier molecular flexibility index (Phi) is 7.43. The Labute approximate surface area is 165 Å². The minimum atomic E-state index is 0.435. The molecular weight excluding hydrogens is 352 g/mol.